The van der Waals surface area contributed by atoms with Crippen LogP contribution in [0.2, 0.25) is 0 Å². The van der Waals surface area contributed by atoms with E-state index in [1.807, 2.05) is 0 Å². The number of carbonyl (C=O) groups excluding carboxylic acids is 1. The van der Waals surface area contributed by atoms with E-state index in [0.717, 1.165) is 10.6 Å². The van der Waals surface area contributed by atoms with E-state index in [9.17, 15) is 4.79 Å². The Bertz CT molecular complexity index is 553. The second-order valence-electron chi connectivity index (χ2n) is 3.85. The largest absolute Gasteiger partial charge is 0.384 e. The van der Waals surface area contributed by atoms with Gasteiger partial charge in [-0.3, -0.25) is 4.79 Å². The van der Waals surface area contributed by atoms with Crippen LogP contribution >= 0.6 is 11.3 Å². The van der Waals surface area contributed by atoms with Gasteiger partial charge in [0.15, 0.2) is 5.78 Å². The molecule has 0 atom stereocenters. The number of anilines is 1. The second-order valence-corrected chi connectivity index (χ2v) is 4.80. The van der Waals surface area contributed by atoms with Gasteiger partial charge in [0.05, 0.1) is 5.01 Å². The van der Waals surface area contributed by atoms with Crippen LogP contribution in [0.15, 0.2) is 23.7 Å². The summed E-state index contributed by atoms with van der Waals surface area (Å²) in [6.45, 7) is 0.544. The van der Waals surface area contributed by atoms with Crippen LogP contribution in [0.5, 0.6) is 0 Å². The minimum absolute atomic E-state index is 0.0138. The summed E-state index contributed by atoms with van der Waals surface area (Å²) in [4.78, 5) is 20.1. The van der Waals surface area contributed by atoms with Gasteiger partial charge in [-0.2, -0.15) is 0 Å². The SMILES string of the molecule is NCCc1nc(C(=O)Cc2ccnc(N)c2)cs1. The Hall–Kier alpha value is -1.79. The Morgan fingerprint density at radius 1 is 1.44 bits per heavy atom. The maximum absolute atomic E-state index is 12.0. The van der Waals surface area contributed by atoms with Crippen LogP contribution in [-0.2, 0) is 12.8 Å². The topological polar surface area (TPSA) is 94.9 Å². The molecule has 0 bridgehead atoms. The average molecular weight is 262 g/mol. The zero-order valence-electron chi connectivity index (χ0n) is 9.80. The smallest absolute Gasteiger partial charge is 0.186 e. The van der Waals surface area contributed by atoms with E-state index in [2.05, 4.69) is 9.97 Å². The number of hydrogen-bond acceptors (Lipinski definition) is 6. The van der Waals surface area contributed by atoms with Gasteiger partial charge in [-0.15, -0.1) is 11.3 Å². The number of Topliss-reactive ketones (excluding diaryl/α,β-unsaturated/α-hetero) is 1. The molecular formula is C12H14N4OS. The molecule has 4 N–H and O–H groups in total. The van der Waals surface area contributed by atoms with Crippen molar-refractivity contribution in [2.45, 2.75) is 12.8 Å². The molecule has 0 aromatic carbocycles. The Morgan fingerprint density at radius 2 is 2.28 bits per heavy atom. The molecule has 94 valence electrons. The Morgan fingerprint density at radius 3 is 3.00 bits per heavy atom. The molecule has 5 nitrogen and oxygen atoms in total. The summed E-state index contributed by atoms with van der Waals surface area (Å²) >= 11 is 1.47. The number of pyridine rings is 1. The van der Waals surface area contributed by atoms with E-state index in [1.165, 1.54) is 11.3 Å². The fraction of sp³-hybridized carbons (Fsp3) is 0.250. The van der Waals surface area contributed by atoms with E-state index in [4.69, 9.17) is 11.5 Å². The number of nitrogens with two attached hydrogens (primary N) is 2. The van der Waals surface area contributed by atoms with Gasteiger partial charge in [0.1, 0.15) is 11.5 Å². The molecule has 0 unspecified atom stereocenters. The first-order valence-electron chi connectivity index (χ1n) is 5.57. The number of hydrogen-bond donors (Lipinski definition) is 2. The van der Waals surface area contributed by atoms with Crippen molar-refractivity contribution < 1.29 is 4.79 Å². The first-order chi connectivity index (χ1) is 8.69. The molecule has 18 heavy (non-hydrogen) atoms. The van der Waals surface area contributed by atoms with Gasteiger partial charge >= 0.3 is 0 Å². The van der Waals surface area contributed by atoms with Crippen molar-refractivity contribution in [2.24, 2.45) is 5.73 Å². The van der Waals surface area contributed by atoms with Gasteiger partial charge in [0, 0.05) is 24.4 Å². The highest BCUT2D eigenvalue weighted by Crippen LogP contribution is 2.13. The van der Waals surface area contributed by atoms with Crippen LogP contribution in [0, 0.1) is 0 Å². The van der Waals surface area contributed by atoms with Crippen LogP contribution in [0.4, 0.5) is 5.82 Å². The van der Waals surface area contributed by atoms with Crippen molar-refractivity contribution in [3.8, 4) is 0 Å². The van der Waals surface area contributed by atoms with Gasteiger partial charge in [0.2, 0.25) is 0 Å². The summed E-state index contributed by atoms with van der Waals surface area (Å²) in [5, 5.41) is 2.67. The summed E-state index contributed by atoms with van der Waals surface area (Å²) in [6, 6.07) is 3.48. The molecule has 0 amide bonds. The number of thiazole rings is 1. The van der Waals surface area contributed by atoms with Gasteiger partial charge in [-0.25, -0.2) is 9.97 Å². The molecule has 0 aliphatic carbocycles. The number of nitrogens with zero attached hydrogens (tertiary/aromatic N) is 2. The van der Waals surface area contributed by atoms with Crippen LogP contribution in [0.25, 0.3) is 0 Å². The van der Waals surface area contributed by atoms with Crippen LogP contribution in [0.1, 0.15) is 21.1 Å². The predicted octanol–water partition coefficient (Wildman–Crippen LogP) is 1.05. The molecule has 6 heteroatoms. The van der Waals surface area contributed by atoms with Crippen molar-refractivity contribution in [2.75, 3.05) is 12.3 Å². The maximum Gasteiger partial charge on any atom is 0.186 e. The standard InChI is InChI=1S/C12H14N4OS/c13-3-1-12-16-9(7-18-12)10(17)5-8-2-4-15-11(14)6-8/h2,4,6-7H,1,3,5,13H2,(H2,14,15). The Balaban J connectivity index is 2.07. The summed E-state index contributed by atoms with van der Waals surface area (Å²) in [5.74, 6) is 0.405. The Kier molecular flexibility index (Phi) is 4.01. The molecule has 0 spiro atoms. The molecule has 0 radical (unpaired) electrons. The zero-order valence-corrected chi connectivity index (χ0v) is 10.6. The van der Waals surface area contributed by atoms with E-state index in [1.54, 1.807) is 23.7 Å². The predicted molar refractivity (Wildman–Crippen MR) is 71.6 cm³/mol. The van der Waals surface area contributed by atoms with E-state index in [-0.39, 0.29) is 5.78 Å². The monoisotopic (exact) mass is 262 g/mol. The number of carbonyl (C=O) groups is 1. The molecule has 0 aliphatic rings. The first kappa shape index (κ1) is 12.7. The van der Waals surface area contributed by atoms with Gasteiger partial charge in [-0.05, 0) is 24.2 Å². The van der Waals surface area contributed by atoms with Gasteiger partial charge < -0.3 is 11.5 Å². The molecular weight excluding hydrogens is 248 g/mol. The molecule has 0 saturated carbocycles. The molecule has 2 aromatic heterocycles. The third kappa shape index (κ3) is 3.12. The van der Waals surface area contributed by atoms with Crippen molar-refractivity contribution in [1.82, 2.24) is 9.97 Å². The van der Waals surface area contributed by atoms with E-state index in [0.29, 0.717) is 30.9 Å². The number of aromatic nitrogens is 2. The zero-order chi connectivity index (χ0) is 13.0. The summed E-state index contributed by atoms with van der Waals surface area (Å²) < 4.78 is 0. The van der Waals surface area contributed by atoms with Crippen LogP contribution < -0.4 is 11.5 Å². The third-order valence-electron chi connectivity index (χ3n) is 2.41. The lowest BCUT2D eigenvalue weighted by Crippen LogP contribution is -2.06. The van der Waals surface area contributed by atoms with Crippen molar-refractivity contribution >= 4 is 22.9 Å². The first-order valence-corrected chi connectivity index (χ1v) is 6.45. The summed E-state index contributed by atoms with van der Waals surface area (Å²) in [7, 11) is 0. The fourth-order valence-electron chi connectivity index (χ4n) is 1.56. The molecule has 0 aliphatic heterocycles. The second kappa shape index (κ2) is 5.70. The summed E-state index contributed by atoms with van der Waals surface area (Å²) in [5.41, 5.74) is 12.4. The van der Waals surface area contributed by atoms with Crippen molar-refractivity contribution in [1.29, 1.82) is 0 Å². The quantitative estimate of drug-likeness (QED) is 0.785. The van der Waals surface area contributed by atoms with E-state index < -0.39 is 0 Å². The maximum atomic E-state index is 12.0. The third-order valence-corrected chi connectivity index (χ3v) is 3.31. The highest BCUT2D eigenvalue weighted by atomic mass is 32.1. The minimum atomic E-state index is -0.0138. The normalized spacial score (nSPS) is 10.5. The van der Waals surface area contributed by atoms with Crippen LogP contribution in [0.3, 0.4) is 0 Å². The summed E-state index contributed by atoms with van der Waals surface area (Å²) in [6.07, 6.45) is 2.59. The number of nitrogen functional groups attached to an aromatic ring is 1. The van der Waals surface area contributed by atoms with Crippen LogP contribution in [-0.4, -0.2) is 22.3 Å². The number of rotatable bonds is 5. The molecule has 0 fully saturated rings. The highest BCUT2D eigenvalue weighted by Gasteiger charge is 2.11. The molecule has 2 heterocycles. The minimum Gasteiger partial charge on any atom is -0.384 e. The molecule has 0 saturated heterocycles. The Labute approximate surface area is 109 Å². The lowest BCUT2D eigenvalue weighted by molar-refractivity contribution is 0.0988. The average Bonchev–Trinajstić information content (AvgIpc) is 2.78. The highest BCUT2D eigenvalue weighted by molar-refractivity contribution is 7.09. The molecule has 2 aromatic rings. The van der Waals surface area contributed by atoms with Crippen molar-refractivity contribution in [3.63, 3.8) is 0 Å². The van der Waals surface area contributed by atoms with Gasteiger partial charge in [-0.1, -0.05) is 0 Å². The lowest BCUT2D eigenvalue weighted by atomic mass is 10.1. The molecule has 2 rings (SSSR count). The van der Waals surface area contributed by atoms with Gasteiger partial charge in [0.25, 0.3) is 0 Å². The fourth-order valence-corrected chi connectivity index (χ4v) is 2.38. The van der Waals surface area contributed by atoms with Crippen molar-refractivity contribution in [3.05, 3.63) is 40.0 Å². The number of ketones is 1. The van der Waals surface area contributed by atoms with E-state index >= 15 is 0 Å². The lowest BCUT2D eigenvalue weighted by Gasteiger charge is -1.99.